The maximum atomic E-state index is 5.40. The van der Waals surface area contributed by atoms with Crippen molar-refractivity contribution >= 4 is 5.82 Å². The van der Waals surface area contributed by atoms with Crippen molar-refractivity contribution in [1.29, 1.82) is 0 Å². The van der Waals surface area contributed by atoms with Gasteiger partial charge in [-0.1, -0.05) is 0 Å². The maximum Gasteiger partial charge on any atom is 0.234 e. The molecular weight excluding hydrogens is 180 g/mol. The normalized spacial score (nSPS) is 10.3. The zero-order valence-electron chi connectivity index (χ0n) is 8.82. The average molecular weight is 196 g/mol. The van der Waals surface area contributed by atoms with Crippen LogP contribution in [-0.4, -0.2) is 49.2 Å². The molecule has 1 aromatic rings. The van der Waals surface area contributed by atoms with Gasteiger partial charge in [0.2, 0.25) is 5.88 Å². The molecule has 0 aliphatic rings. The Bertz CT molecular complexity index is 277. The molecule has 1 rings (SSSR count). The summed E-state index contributed by atoms with van der Waals surface area (Å²) in [4.78, 5) is 10.2. The van der Waals surface area contributed by atoms with E-state index in [1.54, 1.807) is 19.4 Å². The van der Waals surface area contributed by atoms with Gasteiger partial charge < -0.3 is 15.0 Å². The Morgan fingerprint density at radius 3 is 2.86 bits per heavy atom. The number of likely N-dealkylation sites (N-methyl/N-ethyl adjacent to an activating group) is 1. The van der Waals surface area contributed by atoms with E-state index in [1.165, 1.54) is 0 Å². The fraction of sp³-hybridized carbons (Fsp3) is 0.556. The van der Waals surface area contributed by atoms with Crippen molar-refractivity contribution in [3.63, 3.8) is 0 Å². The predicted octanol–water partition coefficient (Wildman–Crippen LogP) is 0.459. The molecule has 0 atom stereocenters. The molecule has 0 aromatic carbocycles. The Hall–Kier alpha value is -1.36. The number of nitrogens with zero attached hydrogens (tertiary/aromatic N) is 3. The van der Waals surface area contributed by atoms with Crippen LogP contribution in [-0.2, 0) is 0 Å². The molecular formula is C9H16N4O. The number of hydrogen-bond acceptors (Lipinski definition) is 5. The highest BCUT2D eigenvalue weighted by Crippen LogP contribution is 2.07. The van der Waals surface area contributed by atoms with Gasteiger partial charge >= 0.3 is 0 Å². The Balaban J connectivity index is 2.42. The van der Waals surface area contributed by atoms with E-state index in [4.69, 9.17) is 4.74 Å². The first-order valence-electron chi connectivity index (χ1n) is 4.49. The van der Waals surface area contributed by atoms with Crippen molar-refractivity contribution in [2.75, 3.05) is 39.6 Å². The van der Waals surface area contributed by atoms with Crippen LogP contribution in [0.1, 0.15) is 0 Å². The first-order valence-corrected chi connectivity index (χ1v) is 4.49. The minimum Gasteiger partial charge on any atom is -0.475 e. The summed E-state index contributed by atoms with van der Waals surface area (Å²) in [6, 6.07) is 0. The Morgan fingerprint density at radius 2 is 2.21 bits per heavy atom. The fourth-order valence-corrected chi connectivity index (χ4v) is 0.871. The third-order valence-corrected chi connectivity index (χ3v) is 1.66. The molecule has 1 aromatic heterocycles. The number of nitrogens with one attached hydrogen (secondary N) is 1. The van der Waals surface area contributed by atoms with Crippen LogP contribution in [0.25, 0.3) is 0 Å². The molecule has 5 heteroatoms. The highest BCUT2D eigenvalue weighted by atomic mass is 16.5. The van der Waals surface area contributed by atoms with Gasteiger partial charge in [0.05, 0.1) is 12.4 Å². The van der Waals surface area contributed by atoms with E-state index in [2.05, 4.69) is 20.2 Å². The van der Waals surface area contributed by atoms with E-state index in [0.717, 1.165) is 6.54 Å². The van der Waals surface area contributed by atoms with E-state index in [9.17, 15) is 0 Å². The molecule has 1 N–H and O–H groups in total. The molecule has 0 saturated heterocycles. The smallest absolute Gasteiger partial charge is 0.234 e. The average Bonchev–Trinajstić information content (AvgIpc) is 2.18. The van der Waals surface area contributed by atoms with Crippen molar-refractivity contribution in [2.45, 2.75) is 0 Å². The van der Waals surface area contributed by atoms with Gasteiger partial charge in [0.25, 0.3) is 0 Å². The van der Waals surface area contributed by atoms with Crippen LogP contribution in [0.15, 0.2) is 12.4 Å². The van der Waals surface area contributed by atoms with Crippen LogP contribution in [0.5, 0.6) is 5.88 Å². The fourth-order valence-electron chi connectivity index (χ4n) is 0.871. The van der Waals surface area contributed by atoms with Gasteiger partial charge in [-0.25, -0.2) is 0 Å². The molecule has 0 aliphatic heterocycles. The number of hydrogen-bond donors (Lipinski definition) is 1. The molecule has 5 nitrogen and oxygen atoms in total. The second kappa shape index (κ2) is 5.39. The minimum absolute atomic E-state index is 0.554. The first-order chi connectivity index (χ1) is 6.72. The van der Waals surface area contributed by atoms with Crippen molar-refractivity contribution in [3.05, 3.63) is 12.4 Å². The van der Waals surface area contributed by atoms with Gasteiger partial charge in [-0.3, -0.25) is 4.98 Å². The van der Waals surface area contributed by atoms with E-state index < -0.39 is 0 Å². The van der Waals surface area contributed by atoms with Gasteiger partial charge in [-0.15, -0.1) is 0 Å². The SMILES string of the molecule is CNc1cncc(OCCN(C)C)n1. The number of rotatable bonds is 5. The molecule has 0 saturated carbocycles. The van der Waals surface area contributed by atoms with Crippen LogP contribution < -0.4 is 10.1 Å². The van der Waals surface area contributed by atoms with Crippen LogP contribution in [0.2, 0.25) is 0 Å². The monoisotopic (exact) mass is 196 g/mol. The summed E-state index contributed by atoms with van der Waals surface area (Å²) in [7, 11) is 5.80. The molecule has 0 radical (unpaired) electrons. The zero-order valence-corrected chi connectivity index (χ0v) is 8.82. The van der Waals surface area contributed by atoms with Gasteiger partial charge in [-0.05, 0) is 14.1 Å². The lowest BCUT2D eigenvalue weighted by atomic mass is 10.6. The molecule has 0 unspecified atom stereocenters. The lowest BCUT2D eigenvalue weighted by molar-refractivity contribution is 0.253. The topological polar surface area (TPSA) is 50.3 Å². The number of aromatic nitrogens is 2. The molecule has 0 aliphatic carbocycles. The van der Waals surface area contributed by atoms with Gasteiger partial charge in [0, 0.05) is 13.6 Å². The van der Waals surface area contributed by atoms with Gasteiger partial charge in [-0.2, -0.15) is 4.98 Å². The van der Waals surface area contributed by atoms with E-state index in [1.807, 2.05) is 14.1 Å². The van der Waals surface area contributed by atoms with Crippen molar-refractivity contribution < 1.29 is 4.74 Å². The summed E-state index contributed by atoms with van der Waals surface area (Å²) >= 11 is 0. The molecule has 0 bridgehead atoms. The predicted molar refractivity (Wildman–Crippen MR) is 55.6 cm³/mol. The molecule has 1 heterocycles. The van der Waals surface area contributed by atoms with E-state index in [0.29, 0.717) is 18.3 Å². The number of ether oxygens (including phenoxy) is 1. The van der Waals surface area contributed by atoms with Gasteiger partial charge in [0.15, 0.2) is 0 Å². The highest BCUT2D eigenvalue weighted by Gasteiger charge is 1.98. The number of anilines is 1. The summed E-state index contributed by atoms with van der Waals surface area (Å²) in [5.74, 6) is 1.27. The third-order valence-electron chi connectivity index (χ3n) is 1.66. The van der Waals surface area contributed by atoms with Crippen LogP contribution in [0.3, 0.4) is 0 Å². The Morgan fingerprint density at radius 1 is 1.43 bits per heavy atom. The summed E-state index contributed by atoms with van der Waals surface area (Å²) in [6.45, 7) is 1.49. The highest BCUT2D eigenvalue weighted by molar-refractivity contribution is 5.31. The van der Waals surface area contributed by atoms with Gasteiger partial charge in [0.1, 0.15) is 12.4 Å². The summed E-state index contributed by atoms with van der Waals surface area (Å²) in [6.07, 6.45) is 3.26. The summed E-state index contributed by atoms with van der Waals surface area (Å²) < 4.78 is 5.40. The van der Waals surface area contributed by atoms with Crippen LogP contribution in [0.4, 0.5) is 5.82 Å². The molecule has 0 fully saturated rings. The molecule has 0 spiro atoms. The molecule has 0 amide bonds. The van der Waals surface area contributed by atoms with Crippen LogP contribution >= 0.6 is 0 Å². The lowest BCUT2D eigenvalue weighted by Crippen LogP contribution is -2.19. The summed E-state index contributed by atoms with van der Waals surface area (Å²) in [5, 5.41) is 2.90. The zero-order chi connectivity index (χ0) is 10.4. The lowest BCUT2D eigenvalue weighted by Gasteiger charge is -2.10. The van der Waals surface area contributed by atoms with Crippen molar-refractivity contribution in [1.82, 2.24) is 14.9 Å². The third kappa shape index (κ3) is 3.57. The molecule has 78 valence electrons. The Labute approximate surface area is 84.1 Å². The Kier molecular flexibility index (Phi) is 4.12. The van der Waals surface area contributed by atoms with Crippen molar-refractivity contribution in [3.8, 4) is 5.88 Å². The largest absolute Gasteiger partial charge is 0.475 e. The maximum absolute atomic E-state index is 5.40. The summed E-state index contributed by atoms with van der Waals surface area (Å²) in [5.41, 5.74) is 0. The first kappa shape index (κ1) is 10.7. The van der Waals surface area contributed by atoms with Crippen LogP contribution in [0, 0.1) is 0 Å². The minimum atomic E-state index is 0.554. The second-order valence-electron chi connectivity index (χ2n) is 3.14. The standard InChI is InChI=1S/C9H16N4O/c1-10-8-6-11-7-9(12-8)14-5-4-13(2)3/h6-7H,4-5H2,1-3H3,(H,10,12). The quantitative estimate of drug-likeness (QED) is 0.741. The second-order valence-corrected chi connectivity index (χ2v) is 3.14. The van der Waals surface area contributed by atoms with E-state index >= 15 is 0 Å². The van der Waals surface area contributed by atoms with E-state index in [-0.39, 0.29) is 0 Å². The molecule has 14 heavy (non-hydrogen) atoms. The van der Waals surface area contributed by atoms with Crippen molar-refractivity contribution in [2.24, 2.45) is 0 Å².